The van der Waals surface area contributed by atoms with E-state index in [1.165, 1.54) is 0 Å². The Morgan fingerprint density at radius 2 is 2.07 bits per heavy atom. The van der Waals surface area contributed by atoms with Gasteiger partial charge >= 0.3 is 0 Å². The maximum Gasteiger partial charge on any atom is 0.0580 e. The van der Waals surface area contributed by atoms with Crippen molar-refractivity contribution in [1.29, 1.82) is 0 Å². The lowest BCUT2D eigenvalue weighted by Gasteiger charge is -2.29. The van der Waals surface area contributed by atoms with Crippen molar-refractivity contribution < 1.29 is 10.2 Å². The van der Waals surface area contributed by atoms with E-state index in [0.29, 0.717) is 12.0 Å². The van der Waals surface area contributed by atoms with Crippen molar-refractivity contribution in [3.63, 3.8) is 0 Å². The summed E-state index contributed by atoms with van der Waals surface area (Å²) in [6.45, 7) is 6.13. The Morgan fingerprint density at radius 1 is 1.36 bits per heavy atom. The van der Waals surface area contributed by atoms with Crippen LogP contribution in [0.15, 0.2) is 0 Å². The van der Waals surface area contributed by atoms with Gasteiger partial charge in [-0.25, -0.2) is 0 Å². The Labute approximate surface area is 86.7 Å². The number of aliphatic hydroxyl groups excluding tert-OH is 2. The molecule has 0 aromatic rings. The molecule has 0 bridgehead atoms. The second-order valence-electron chi connectivity index (χ2n) is 4.57. The lowest BCUT2D eigenvalue weighted by atomic mass is 10.0. The van der Waals surface area contributed by atoms with E-state index in [4.69, 9.17) is 5.11 Å². The normalized spacial score (nSPS) is 27.9. The van der Waals surface area contributed by atoms with Gasteiger partial charge in [-0.2, -0.15) is 0 Å². The largest absolute Gasteiger partial charge is 0.395 e. The Kier molecular flexibility index (Phi) is 4.85. The van der Waals surface area contributed by atoms with Crippen LogP contribution in [0.1, 0.15) is 33.1 Å². The van der Waals surface area contributed by atoms with Crippen LogP contribution in [0, 0.1) is 5.92 Å². The fourth-order valence-electron chi connectivity index (χ4n) is 2.22. The van der Waals surface area contributed by atoms with Gasteiger partial charge < -0.3 is 10.2 Å². The molecule has 2 atom stereocenters. The van der Waals surface area contributed by atoms with E-state index >= 15 is 0 Å². The van der Waals surface area contributed by atoms with Crippen molar-refractivity contribution in [1.82, 2.24) is 4.90 Å². The third-order valence-electron chi connectivity index (χ3n) is 3.21. The molecule has 0 heterocycles. The first-order valence-corrected chi connectivity index (χ1v) is 5.68. The Morgan fingerprint density at radius 3 is 2.50 bits per heavy atom. The SMILES string of the molecule is CC(C)N(CCO)CC1CCCC1O. The van der Waals surface area contributed by atoms with E-state index in [1.807, 2.05) is 0 Å². The maximum absolute atomic E-state index is 9.70. The highest BCUT2D eigenvalue weighted by Crippen LogP contribution is 2.26. The quantitative estimate of drug-likeness (QED) is 0.693. The summed E-state index contributed by atoms with van der Waals surface area (Å²) in [6, 6.07) is 0.454. The third-order valence-corrected chi connectivity index (χ3v) is 3.21. The van der Waals surface area contributed by atoms with Crippen LogP contribution in [0.2, 0.25) is 0 Å². The molecule has 0 spiro atoms. The smallest absolute Gasteiger partial charge is 0.0580 e. The minimum absolute atomic E-state index is 0.116. The van der Waals surface area contributed by atoms with Gasteiger partial charge in [0.05, 0.1) is 12.7 Å². The van der Waals surface area contributed by atoms with Gasteiger partial charge in [0.25, 0.3) is 0 Å². The number of rotatable bonds is 5. The van der Waals surface area contributed by atoms with E-state index < -0.39 is 0 Å². The van der Waals surface area contributed by atoms with Crippen LogP contribution >= 0.6 is 0 Å². The van der Waals surface area contributed by atoms with Gasteiger partial charge in [0.15, 0.2) is 0 Å². The first-order valence-electron chi connectivity index (χ1n) is 5.68. The monoisotopic (exact) mass is 201 g/mol. The molecule has 2 N–H and O–H groups in total. The molecule has 2 unspecified atom stereocenters. The molecule has 0 radical (unpaired) electrons. The molecule has 0 saturated heterocycles. The molecule has 1 aliphatic carbocycles. The molecule has 1 fully saturated rings. The summed E-state index contributed by atoms with van der Waals surface area (Å²) in [5.74, 6) is 0.420. The lowest BCUT2D eigenvalue weighted by Crippen LogP contribution is -2.39. The molecular formula is C11H23NO2. The van der Waals surface area contributed by atoms with E-state index in [-0.39, 0.29) is 12.7 Å². The zero-order chi connectivity index (χ0) is 10.6. The average Bonchev–Trinajstić information content (AvgIpc) is 2.51. The Hall–Kier alpha value is -0.120. The Balaban J connectivity index is 2.37. The van der Waals surface area contributed by atoms with Gasteiger partial charge in [-0.15, -0.1) is 0 Å². The van der Waals surface area contributed by atoms with E-state index in [9.17, 15) is 5.11 Å². The highest BCUT2D eigenvalue weighted by atomic mass is 16.3. The maximum atomic E-state index is 9.70. The zero-order valence-corrected chi connectivity index (χ0v) is 9.32. The van der Waals surface area contributed by atoms with Crippen LogP contribution in [-0.4, -0.2) is 47.0 Å². The summed E-state index contributed by atoms with van der Waals surface area (Å²) in [6.07, 6.45) is 3.12. The highest BCUT2D eigenvalue weighted by molar-refractivity contribution is 4.80. The topological polar surface area (TPSA) is 43.7 Å². The molecule has 3 heteroatoms. The van der Waals surface area contributed by atoms with Gasteiger partial charge in [0.1, 0.15) is 0 Å². The zero-order valence-electron chi connectivity index (χ0n) is 9.32. The average molecular weight is 201 g/mol. The molecule has 0 aromatic carbocycles. The molecular weight excluding hydrogens is 178 g/mol. The first-order chi connectivity index (χ1) is 6.65. The van der Waals surface area contributed by atoms with Crippen molar-refractivity contribution in [2.45, 2.75) is 45.3 Å². The summed E-state index contributed by atoms with van der Waals surface area (Å²) in [7, 11) is 0. The second kappa shape index (κ2) is 5.69. The number of aliphatic hydroxyl groups is 2. The summed E-state index contributed by atoms with van der Waals surface area (Å²) in [4.78, 5) is 2.25. The van der Waals surface area contributed by atoms with Crippen LogP contribution in [0.3, 0.4) is 0 Å². The minimum Gasteiger partial charge on any atom is -0.395 e. The van der Waals surface area contributed by atoms with E-state index in [0.717, 1.165) is 32.4 Å². The van der Waals surface area contributed by atoms with Gasteiger partial charge in [0.2, 0.25) is 0 Å². The van der Waals surface area contributed by atoms with Crippen molar-refractivity contribution in [2.24, 2.45) is 5.92 Å². The number of hydrogen-bond acceptors (Lipinski definition) is 3. The predicted octanol–water partition coefficient (Wildman–Crippen LogP) is 0.850. The molecule has 1 saturated carbocycles. The van der Waals surface area contributed by atoms with Crippen LogP contribution in [0.25, 0.3) is 0 Å². The number of hydrogen-bond donors (Lipinski definition) is 2. The van der Waals surface area contributed by atoms with Crippen LogP contribution < -0.4 is 0 Å². The molecule has 1 rings (SSSR count). The van der Waals surface area contributed by atoms with Crippen molar-refractivity contribution in [2.75, 3.05) is 19.7 Å². The van der Waals surface area contributed by atoms with Crippen molar-refractivity contribution >= 4 is 0 Å². The molecule has 0 aromatic heterocycles. The number of nitrogens with zero attached hydrogens (tertiary/aromatic N) is 1. The molecule has 0 amide bonds. The highest BCUT2D eigenvalue weighted by Gasteiger charge is 2.27. The fraction of sp³-hybridized carbons (Fsp3) is 1.00. The van der Waals surface area contributed by atoms with Gasteiger partial charge in [0, 0.05) is 19.1 Å². The summed E-state index contributed by atoms with van der Waals surface area (Å²) in [5.41, 5.74) is 0. The fourth-order valence-corrected chi connectivity index (χ4v) is 2.22. The van der Waals surface area contributed by atoms with Crippen LogP contribution in [-0.2, 0) is 0 Å². The summed E-state index contributed by atoms with van der Waals surface area (Å²) in [5, 5.41) is 18.6. The Bertz CT molecular complexity index is 161. The van der Waals surface area contributed by atoms with Gasteiger partial charge in [-0.3, -0.25) is 4.90 Å². The first kappa shape index (κ1) is 12.0. The van der Waals surface area contributed by atoms with E-state index in [1.54, 1.807) is 0 Å². The summed E-state index contributed by atoms with van der Waals surface area (Å²) >= 11 is 0. The van der Waals surface area contributed by atoms with E-state index in [2.05, 4.69) is 18.7 Å². The third kappa shape index (κ3) is 3.23. The second-order valence-corrected chi connectivity index (χ2v) is 4.57. The van der Waals surface area contributed by atoms with Crippen molar-refractivity contribution in [3.8, 4) is 0 Å². The molecule has 3 nitrogen and oxygen atoms in total. The minimum atomic E-state index is -0.116. The molecule has 1 aliphatic rings. The van der Waals surface area contributed by atoms with Crippen molar-refractivity contribution in [3.05, 3.63) is 0 Å². The van der Waals surface area contributed by atoms with Crippen LogP contribution in [0.5, 0.6) is 0 Å². The predicted molar refractivity (Wildman–Crippen MR) is 57.1 cm³/mol. The van der Waals surface area contributed by atoms with Gasteiger partial charge in [-0.05, 0) is 32.6 Å². The molecule has 0 aliphatic heterocycles. The van der Waals surface area contributed by atoms with Crippen LogP contribution in [0.4, 0.5) is 0 Å². The molecule has 84 valence electrons. The molecule has 14 heavy (non-hydrogen) atoms. The lowest BCUT2D eigenvalue weighted by molar-refractivity contribution is 0.0813. The summed E-state index contributed by atoms with van der Waals surface area (Å²) < 4.78 is 0. The standard InChI is InChI=1S/C11H23NO2/c1-9(2)12(6-7-13)8-10-4-3-5-11(10)14/h9-11,13-14H,3-8H2,1-2H3. The van der Waals surface area contributed by atoms with Gasteiger partial charge in [-0.1, -0.05) is 6.42 Å².